The predicted octanol–water partition coefficient (Wildman–Crippen LogP) is 3.82. The van der Waals surface area contributed by atoms with Crippen LogP contribution in [0.1, 0.15) is 56.0 Å². The fourth-order valence-corrected chi connectivity index (χ4v) is 3.45. The first kappa shape index (κ1) is 16.6. The minimum absolute atomic E-state index is 0.126. The number of rotatable bonds is 3. The molecule has 3 rings (SSSR count). The maximum Gasteiger partial charge on any atom is 0.236 e. The van der Waals surface area contributed by atoms with Gasteiger partial charge in [-0.1, -0.05) is 19.1 Å². The summed E-state index contributed by atoms with van der Waals surface area (Å²) in [6.45, 7) is 10.3. The van der Waals surface area contributed by atoms with Gasteiger partial charge >= 0.3 is 0 Å². The van der Waals surface area contributed by atoms with Gasteiger partial charge in [-0.25, -0.2) is 4.98 Å². The Balaban J connectivity index is 2.02. The number of aryl methyl sites for hydroxylation is 2. The Morgan fingerprint density at radius 1 is 1.25 bits per heavy atom. The summed E-state index contributed by atoms with van der Waals surface area (Å²) in [5.41, 5.74) is 4.13. The van der Waals surface area contributed by atoms with Crippen LogP contribution in [-0.2, 0) is 17.6 Å². The molecule has 1 amide bonds. The molecule has 1 aliphatic rings. The number of anilines is 1. The first-order valence-corrected chi connectivity index (χ1v) is 8.56. The Morgan fingerprint density at radius 2 is 2.00 bits per heavy atom. The lowest BCUT2D eigenvalue weighted by molar-refractivity contribution is -0.120. The van der Waals surface area contributed by atoms with Crippen LogP contribution in [0.3, 0.4) is 0 Å². The summed E-state index contributed by atoms with van der Waals surface area (Å²) in [7, 11) is 0. The van der Waals surface area contributed by atoms with E-state index in [0.717, 1.165) is 29.1 Å². The smallest absolute Gasteiger partial charge is 0.236 e. The van der Waals surface area contributed by atoms with Gasteiger partial charge in [0.25, 0.3) is 0 Å². The van der Waals surface area contributed by atoms with E-state index in [1.165, 1.54) is 5.56 Å². The monoisotopic (exact) mass is 323 g/mol. The molecule has 0 aromatic carbocycles. The zero-order valence-corrected chi connectivity index (χ0v) is 15.1. The van der Waals surface area contributed by atoms with Crippen molar-refractivity contribution >= 4 is 11.7 Å². The number of pyridine rings is 2. The molecule has 1 aliphatic heterocycles. The molecular weight excluding hydrogens is 298 g/mol. The molecular formula is C20H25N3O. The molecule has 4 heteroatoms. The SMILES string of the molecule is CCc1cc(C)cnc1CC1C(=O)N(C(C)(C)C)c2ncccc21. The minimum Gasteiger partial charge on any atom is -0.291 e. The van der Waals surface area contributed by atoms with Crippen molar-refractivity contribution in [3.63, 3.8) is 0 Å². The molecule has 2 aromatic heterocycles. The summed E-state index contributed by atoms with van der Waals surface area (Å²) in [6, 6.07) is 6.11. The van der Waals surface area contributed by atoms with Crippen molar-refractivity contribution in [2.45, 2.75) is 58.9 Å². The van der Waals surface area contributed by atoms with Crippen LogP contribution in [0.15, 0.2) is 30.6 Å². The number of nitrogens with zero attached hydrogens (tertiary/aromatic N) is 3. The summed E-state index contributed by atoms with van der Waals surface area (Å²) in [5.74, 6) is 0.721. The van der Waals surface area contributed by atoms with E-state index in [0.29, 0.717) is 6.42 Å². The van der Waals surface area contributed by atoms with Gasteiger partial charge in [0, 0.05) is 35.6 Å². The molecule has 0 saturated carbocycles. The van der Waals surface area contributed by atoms with Crippen LogP contribution in [0, 0.1) is 6.92 Å². The molecule has 0 spiro atoms. The molecule has 0 bridgehead atoms. The second kappa shape index (κ2) is 6.00. The van der Waals surface area contributed by atoms with E-state index in [1.54, 1.807) is 6.20 Å². The molecule has 0 N–H and O–H groups in total. The van der Waals surface area contributed by atoms with Crippen LogP contribution >= 0.6 is 0 Å². The number of carbonyl (C=O) groups excluding carboxylic acids is 1. The van der Waals surface area contributed by atoms with Gasteiger partial charge in [0.15, 0.2) is 0 Å². The second-order valence-electron chi connectivity index (χ2n) is 7.49. The van der Waals surface area contributed by atoms with Crippen LogP contribution < -0.4 is 4.90 Å². The lowest BCUT2D eigenvalue weighted by Gasteiger charge is -2.31. The molecule has 0 radical (unpaired) electrons. The first-order chi connectivity index (χ1) is 11.3. The van der Waals surface area contributed by atoms with Crippen molar-refractivity contribution in [3.8, 4) is 0 Å². The van der Waals surface area contributed by atoms with Crippen molar-refractivity contribution in [1.82, 2.24) is 9.97 Å². The van der Waals surface area contributed by atoms with E-state index in [-0.39, 0.29) is 17.4 Å². The van der Waals surface area contributed by atoms with Crippen LogP contribution in [-0.4, -0.2) is 21.4 Å². The molecule has 4 nitrogen and oxygen atoms in total. The Kier molecular flexibility index (Phi) is 4.16. The number of hydrogen-bond donors (Lipinski definition) is 0. The third-order valence-corrected chi connectivity index (χ3v) is 4.57. The maximum absolute atomic E-state index is 13.1. The van der Waals surface area contributed by atoms with Crippen molar-refractivity contribution in [2.24, 2.45) is 0 Å². The number of carbonyl (C=O) groups is 1. The van der Waals surface area contributed by atoms with Gasteiger partial charge in [-0.05, 0) is 51.3 Å². The van der Waals surface area contributed by atoms with E-state index < -0.39 is 0 Å². The second-order valence-corrected chi connectivity index (χ2v) is 7.49. The van der Waals surface area contributed by atoms with Gasteiger partial charge in [0.05, 0.1) is 5.92 Å². The van der Waals surface area contributed by atoms with Gasteiger partial charge in [0.2, 0.25) is 5.91 Å². The van der Waals surface area contributed by atoms with Crippen molar-refractivity contribution in [3.05, 3.63) is 53.0 Å². The standard InChI is InChI=1S/C20H25N3O/c1-6-14-10-13(2)12-22-17(14)11-16-15-8-7-9-21-18(15)23(19(16)24)20(3,4)5/h7-10,12,16H,6,11H2,1-5H3. The molecule has 126 valence electrons. The maximum atomic E-state index is 13.1. The Hall–Kier alpha value is -2.23. The molecule has 0 saturated heterocycles. The average Bonchev–Trinajstić information content (AvgIpc) is 2.81. The highest BCUT2D eigenvalue weighted by Crippen LogP contribution is 2.41. The van der Waals surface area contributed by atoms with Crippen molar-refractivity contribution in [2.75, 3.05) is 4.90 Å². The summed E-state index contributed by atoms with van der Waals surface area (Å²) in [6.07, 6.45) is 5.20. The summed E-state index contributed by atoms with van der Waals surface area (Å²) in [5, 5.41) is 0. The number of amides is 1. The normalized spacial score (nSPS) is 17.3. The van der Waals surface area contributed by atoms with Crippen LogP contribution in [0.5, 0.6) is 0 Å². The topological polar surface area (TPSA) is 46.1 Å². The molecule has 3 heterocycles. The van der Waals surface area contributed by atoms with Gasteiger partial charge in [-0.3, -0.25) is 14.7 Å². The average molecular weight is 323 g/mol. The largest absolute Gasteiger partial charge is 0.291 e. The van der Waals surface area contributed by atoms with Crippen LogP contribution in [0.2, 0.25) is 0 Å². The lowest BCUT2D eigenvalue weighted by Crippen LogP contribution is -2.45. The fourth-order valence-electron chi connectivity index (χ4n) is 3.45. The predicted molar refractivity (Wildman–Crippen MR) is 96.3 cm³/mol. The highest BCUT2D eigenvalue weighted by atomic mass is 16.2. The summed E-state index contributed by atoms with van der Waals surface area (Å²) < 4.78 is 0. The van der Waals surface area contributed by atoms with E-state index in [9.17, 15) is 4.79 Å². The third-order valence-electron chi connectivity index (χ3n) is 4.57. The summed E-state index contributed by atoms with van der Waals surface area (Å²) in [4.78, 5) is 24.1. The molecule has 1 unspecified atom stereocenters. The summed E-state index contributed by atoms with van der Waals surface area (Å²) >= 11 is 0. The number of fused-ring (bicyclic) bond motifs is 1. The molecule has 0 aliphatic carbocycles. The van der Waals surface area contributed by atoms with Crippen molar-refractivity contribution in [1.29, 1.82) is 0 Å². The van der Waals surface area contributed by atoms with Crippen LogP contribution in [0.4, 0.5) is 5.82 Å². The van der Waals surface area contributed by atoms with Gasteiger partial charge in [-0.2, -0.15) is 0 Å². The Morgan fingerprint density at radius 3 is 2.67 bits per heavy atom. The van der Waals surface area contributed by atoms with E-state index in [1.807, 2.05) is 44.0 Å². The molecule has 24 heavy (non-hydrogen) atoms. The molecule has 2 aromatic rings. The highest BCUT2D eigenvalue weighted by molar-refractivity contribution is 6.05. The van der Waals surface area contributed by atoms with Gasteiger partial charge in [-0.15, -0.1) is 0 Å². The van der Waals surface area contributed by atoms with Crippen molar-refractivity contribution < 1.29 is 4.79 Å². The first-order valence-electron chi connectivity index (χ1n) is 8.56. The third kappa shape index (κ3) is 2.81. The quantitative estimate of drug-likeness (QED) is 0.862. The highest BCUT2D eigenvalue weighted by Gasteiger charge is 2.43. The zero-order valence-electron chi connectivity index (χ0n) is 15.1. The number of aromatic nitrogens is 2. The number of hydrogen-bond acceptors (Lipinski definition) is 3. The van der Waals surface area contributed by atoms with Gasteiger partial charge in [0.1, 0.15) is 5.82 Å². The van der Waals surface area contributed by atoms with E-state index in [4.69, 9.17) is 0 Å². The Labute approximate surface area is 143 Å². The zero-order chi connectivity index (χ0) is 17.5. The molecule has 0 fully saturated rings. The minimum atomic E-state index is -0.288. The fraction of sp³-hybridized carbons (Fsp3) is 0.450. The lowest BCUT2D eigenvalue weighted by atomic mass is 9.93. The molecule has 1 atom stereocenters. The van der Waals surface area contributed by atoms with Gasteiger partial charge < -0.3 is 0 Å². The van der Waals surface area contributed by atoms with E-state index >= 15 is 0 Å². The Bertz CT molecular complexity index is 777. The van der Waals surface area contributed by atoms with Crippen LogP contribution in [0.25, 0.3) is 0 Å². The van der Waals surface area contributed by atoms with E-state index in [2.05, 4.69) is 29.9 Å².